The second kappa shape index (κ2) is 4.82. The Labute approximate surface area is 111 Å². The molecule has 1 aromatic heterocycles. The fraction of sp³-hybridized carbons (Fsp3) is 0.600. The third-order valence-electron chi connectivity index (χ3n) is 3.11. The molecule has 0 spiro atoms. The molecule has 106 valence electrons. The van der Waals surface area contributed by atoms with Gasteiger partial charge in [0.2, 0.25) is 15.9 Å². The molecule has 1 aliphatic heterocycles. The van der Waals surface area contributed by atoms with Crippen molar-refractivity contribution >= 4 is 21.7 Å². The van der Waals surface area contributed by atoms with E-state index in [1.54, 1.807) is 6.92 Å². The lowest BCUT2D eigenvalue weighted by molar-refractivity contribution is -0.126. The minimum Gasteiger partial charge on any atom is -0.381 e. The first-order valence-corrected chi connectivity index (χ1v) is 7.44. The van der Waals surface area contributed by atoms with Crippen LogP contribution in [0.4, 0.5) is 5.82 Å². The molecular formula is C10H17N5O3S. The molecule has 1 aliphatic rings. The van der Waals surface area contributed by atoms with Crippen LogP contribution >= 0.6 is 0 Å². The maximum absolute atomic E-state index is 12.5. The van der Waals surface area contributed by atoms with Gasteiger partial charge in [0, 0.05) is 25.8 Å². The standard InChI is InChI=1S/C10H17N5O3S/c1-3-14-6-8(9(11)13-14)19(17,18)15-5-4-12-10(16)7(15)2/h6-7H,3-5H2,1-2H3,(H2,11,13)(H,12,16). The molecule has 2 rings (SSSR count). The van der Waals surface area contributed by atoms with E-state index in [1.807, 2.05) is 6.92 Å². The van der Waals surface area contributed by atoms with Crippen LogP contribution in [-0.4, -0.2) is 47.5 Å². The highest BCUT2D eigenvalue weighted by atomic mass is 32.2. The van der Waals surface area contributed by atoms with Gasteiger partial charge in [0.25, 0.3) is 0 Å². The quantitative estimate of drug-likeness (QED) is 0.740. The Morgan fingerprint density at radius 1 is 1.58 bits per heavy atom. The molecule has 9 heteroatoms. The SMILES string of the molecule is CCn1cc(S(=O)(=O)N2CCNC(=O)C2C)c(N)n1. The second-order valence-electron chi connectivity index (χ2n) is 4.32. The molecule has 0 radical (unpaired) electrons. The predicted octanol–water partition coefficient (Wildman–Crippen LogP) is -1.01. The molecule has 8 nitrogen and oxygen atoms in total. The number of carbonyl (C=O) groups excluding carboxylic acids is 1. The topological polar surface area (TPSA) is 110 Å². The molecule has 1 amide bonds. The minimum atomic E-state index is -3.80. The van der Waals surface area contributed by atoms with Crippen LogP contribution in [0, 0.1) is 0 Å². The number of nitrogens with one attached hydrogen (secondary N) is 1. The highest BCUT2D eigenvalue weighted by molar-refractivity contribution is 7.89. The summed E-state index contributed by atoms with van der Waals surface area (Å²) < 4.78 is 27.6. The smallest absolute Gasteiger partial charge is 0.249 e. The summed E-state index contributed by atoms with van der Waals surface area (Å²) in [5, 5.41) is 6.54. The number of hydrogen-bond donors (Lipinski definition) is 2. The second-order valence-corrected chi connectivity index (χ2v) is 6.18. The molecule has 1 unspecified atom stereocenters. The summed E-state index contributed by atoms with van der Waals surface area (Å²) >= 11 is 0. The Morgan fingerprint density at radius 3 is 2.84 bits per heavy atom. The molecule has 0 saturated carbocycles. The zero-order chi connectivity index (χ0) is 14.2. The van der Waals surface area contributed by atoms with Gasteiger partial charge in [-0.25, -0.2) is 8.42 Å². The summed E-state index contributed by atoms with van der Waals surface area (Å²) in [6.45, 7) is 4.43. The number of hydrogen-bond acceptors (Lipinski definition) is 5. The van der Waals surface area contributed by atoms with Crippen molar-refractivity contribution in [2.75, 3.05) is 18.8 Å². The summed E-state index contributed by atoms with van der Waals surface area (Å²) in [6.07, 6.45) is 1.39. The Balaban J connectivity index is 2.41. The Morgan fingerprint density at radius 2 is 2.26 bits per heavy atom. The van der Waals surface area contributed by atoms with Crippen molar-refractivity contribution in [3.05, 3.63) is 6.20 Å². The molecule has 3 N–H and O–H groups in total. The van der Waals surface area contributed by atoms with E-state index in [2.05, 4.69) is 10.4 Å². The normalized spacial score (nSPS) is 21.4. The van der Waals surface area contributed by atoms with Gasteiger partial charge in [-0.15, -0.1) is 0 Å². The first-order chi connectivity index (χ1) is 8.87. The van der Waals surface area contributed by atoms with Crippen molar-refractivity contribution in [3.63, 3.8) is 0 Å². The van der Waals surface area contributed by atoms with E-state index in [9.17, 15) is 13.2 Å². The third kappa shape index (κ3) is 2.30. The maximum atomic E-state index is 12.5. The number of nitrogen functional groups attached to an aromatic ring is 1. The van der Waals surface area contributed by atoms with Crippen molar-refractivity contribution in [1.82, 2.24) is 19.4 Å². The molecule has 0 aromatic carbocycles. The first-order valence-electron chi connectivity index (χ1n) is 6.00. The zero-order valence-corrected chi connectivity index (χ0v) is 11.6. The number of nitrogens with two attached hydrogens (primary N) is 1. The summed E-state index contributed by atoms with van der Waals surface area (Å²) in [7, 11) is -3.80. The van der Waals surface area contributed by atoms with Gasteiger partial charge in [0.15, 0.2) is 5.82 Å². The van der Waals surface area contributed by atoms with Crippen LogP contribution in [0.1, 0.15) is 13.8 Å². The van der Waals surface area contributed by atoms with E-state index in [0.717, 1.165) is 4.31 Å². The molecule has 0 aliphatic carbocycles. The third-order valence-corrected chi connectivity index (χ3v) is 5.10. The average Bonchev–Trinajstić information content (AvgIpc) is 2.74. The van der Waals surface area contributed by atoms with Gasteiger partial charge >= 0.3 is 0 Å². The summed E-state index contributed by atoms with van der Waals surface area (Å²) in [5.41, 5.74) is 5.65. The Hall–Kier alpha value is -1.61. The van der Waals surface area contributed by atoms with Crippen molar-refractivity contribution in [1.29, 1.82) is 0 Å². The lowest BCUT2D eigenvalue weighted by Crippen LogP contribution is -2.55. The lowest BCUT2D eigenvalue weighted by Gasteiger charge is -2.31. The predicted molar refractivity (Wildman–Crippen MR) is 68.7 cm³/mol. The van der Waals surface area contributed by atoms with Crippen LogP contribution in [0.3, 0.4) is 0 Å². The number of aryl methyl sites for hydroxylation is 1. The van der Waals surface area contributed by atoms with Gasteiger partial charge in [-0.1, -0.05) is 0 Å². The van der Waals surface area contributed by atoms with E-state index >= 15 is 0 Å². The fourth-order valence-electron chi connectivity index (χ4n) is 1.99. The number of anilines is 1. The molecule has 1 atom stereocenters. The molecule has 1 fully saturated rings. The largest absolute Gasteiger partial charge is 0.381 e. The summed E-state index contributed by atoms with van der Waals surface area (Å²) in [6, 6.07) is -0.747. The maximum Gasteiger partial charge on any atom is 0.249 e. The molecule has 19 heavy (non-hydrogen) atoms. The lowest BCUT2D eigenvalue weighted by atomic mass is 10.2. The van der Waals surface area contributed by atoms with Crippen LogP contribution in [0.15, 0.2) is 11.1 Å². The van der Waals surface area contributed by atoms with Gasteiger partial charge < -0.3 is 11.1 Å². The van der Waals surface area contributed by atoms with Crippen molar-refractivity contribution in [2.45, 2.75) is 31.3 Å². The van der Waals surface area contributed by atoms with E-state index < -0.39 is 16.1 Å². The van der Waals surface area contributed by atoms with Crippen molar-refractivity contribution in [2.24, 2.45) is 0 Å². The van der Waals surface area contributed by atoms with Crippen LogP contribution in [0.2, 0.25) is 0 Å². The van der Waals surface area contributed by atoms with Crippen LogP contribution in [0.5, 0.6) is 0 Å². The fourth-order valence-corrected chi connectivity index (χ4v) is 3.65. The number of sulfonamides is 1. The van der Waals surface area contributed by atoms with E-state index in [1.165, 1.54) is 10.9 Å². The number of aromatic nitrogens is 2. The van der Waals surface area contributed by atoms with E-state index in [0.29, 0.717) is 13.1 Å². The Bertz CT molecular complexity index is 594. The monoisotopic (exact) mass is 287 g/mol. The van der Waals surface area contributed by atoms with E-state index in [4.69, 9.17) is 5.73 Å². The number of amides is 1. The summed E-state index contributed by atoms with van der Waals surface area (Å²) in [4.78, 5) is 11.5. The first kappa shape index (κ1) is 13.8. The highest BCUT2D eigenvalue weighted by Crippen LogP contribution is 2.23. The zero-order valence-electron chi connectivity index (χ0n) is 10.8. The molecule has 2 heterocycles. The van der Waals surface area contributed by atoms with Gasteiger partial charge in [0.1, 0.15) is 10.9 Å². The van der Waals surface area contributed by atoms with Gasteiger partial charge in [-0.05, 0) is 13.8 Å². The van der Waals surface area contributed by atoms with Crippen molar-refractivity contribution in [3.8, 4) is 0 Å². The van der Waals surface area contributed by atoms with Crippen LogP contribution < -0.4 is 11.1 Å². The number of carbonyl (C=O) groups is 1. The van der Waals surface area contributed by atoms with Gasteiger partial charge in [0.05, 0.1) is 0 Å². The number of nitrogens with zero attached hydrogens (tertiary/aromatic N) is 3. The highest BCUT2D eigenvalue weighted by Gasteiger charge is 2.37. The van der Waals surface area contributed by atoms with Gasteiger partial charge in [-0.2, -0.15) is 9.40 Å². The molecule has 1 saturated heterocycles. The number of piperazine rings is 1. The molecule has 0 bridgehead atoms. The Kier molecular flexibility index (Phi) is 3.50. The number of rotatable bonds is 3. The minimum absolute atomic E-state index is 0.0416. The van der Waals surface area contributed by atoms with Crippen LogP contribution in [-0.2, 0) is 21.4 Å². The summed E-state index contributed by atoms with van der Waals surface area (Å²) in [5.74, 6) is -0.351. The van der Waals surface area contributed by atoms with Gasteiger partial charge in [-0.3, -0.25) is 9.48 Å². The van der Waals surface area contributed by atoms with Crippen LogP contribution in [0.25, 0.3) is 0 Å². The van der Waals surface area contributed by atoms with E-state index in [-0.39, 0.29) is 23.2 Å². The molecule has 1 aromatic rings. The van der Waals surface area contributed by atoms with Crippen molar-refractivity contribution < 1.29 is 13.2 Å². The average molecular weight is 287 g/mol. The molecular weight excluding hydrogens is 270 g/mol.